The van der Waals surface area contributed by atoms with Crippen LogP contribution in [0.3, 0.4) is 0 Å². The molecule has 18 heavy (non-hydrogen) atoms. The Morgan fingerprint density at radius 3 is 1.89 bits per heavy atom. The molecule has 0 saturated carbocycles. The molecule has 0 amide bonds. The highest BCUT2D eigenvalue weighted by atomic mass is 16.5. The molecule has 1 fully saturated rings. The van der Waals surface area contributed by atoms with Crippen molar-refractivity contribution in [1.82, 2.24) is 15.1 Å². The van der Waals surface area contributed by atoms with Crippen molar-refractivity contribution in [3.63, 3.8) is 0 Å². The highest BCUT2D eigenvalue weighted by Gasteiger charge is 2.15. The quantitative estimate of drug-likeness (QED) is 0.697. The largest absolute Gasteiger partial charge is 0.383 e. The third-order valence-corrected chi connectivity index (χ3v) is 2.93. The average Bonchev–Trinajstić information content (AvgIpc) is 2.39. The van der Waals surface area contributed by atoms with Crippen molar-refractivity contribution < 1.29 is 4.74 Å². The van der Waals surface area contributed by atoms with Crippen molar-refractivity contribution in [3.05, 3.63) is 0 Å². The topological polar surface area (TPSA) is 27.7 Å². The number of methoxy groups -OCH3 is 1. The average molecular weight is 259 g/mol. The molecule has 0 unspecified atom stereocenters. The predicted molar refractivity (Wildman–Crippen MR) is 79.3 cm³/mol. The maximum absolute atomic E-state index is 5.09. The molecule has 1 aliphatic heterocycles. The van der Waals surface area contributed by atoms with Crippen molar-refractivity contribution >= 4 is 0 Å². The van der Waals surface area contributed by atoms with Crippen molar-refractivity contribution in [1.29, 1.82) is 0 Å². The van der Waals surface area contributed by atoms with Gasteiger partial charge in [0.2, 0.25) is 0 Å². The first-order valence-corrected chi connectivity index (χ1v) is 7.42. The summed E-state index contributed by atoms with van der Waals surface area (Å²) in [5.41, 5.74) is 0. The van der Waals surface area contributed by atoms with Gasteiger partial charge in [0.05, 0.1) is 6.61 Å². The number of piperazine rings is 1. The van der Waals surface area contributed by atoms with Crippen LogP contribution in [-0.4, -0.2) is 75.9 Å². The molecular weight excluding hydrogens is 226 g/mol. The molecule has 4 heteroatoms. The van der Waals surface area contributed by atoms with Crippen molar-refractivity contribution in [3.8, 4) is 0 Å². The van der Waals surface area contributed by atoms with Gasteiger partial charge >= 0.3 is 0 Å². The van der Waals surface area contributed by atoms with Gasteiger partial charge in [-0.15, -0.1) is 0 Å². The van der Waals surface area contributed by atoms with Crippen LogP contribution in [0.2, 0.25) is 0 Å². The van der Waals surface area contributed by atoms with Crippen LogP contribution in [0.15, 0.2) is 0 Å². The Morgan fingerprint density at radius 2 is 1.44 bits per heavy atom. The number of hydrogen-bond donors (Lipinski definition) is 1. The van der Waals surface area contributed by atoms with Crippen molar-refractivity contribution in [2.24, 2.45) is 0 Å². The second-order valence-electron chi connectivity index (χ2n) is 4.74. The Hall–Kier alpha value is -0.160. The Labute approximate surface area is 114 Å². The van der Waals surface area contributed by atoms with Crippen LogP contribution in [0.5, 0.6) is 0 Å². The summed E-state index contributed by atoms with van der Waals surface area (Å²) in [6, 6.07) is 0. The lowest BCUT2D eigenvalue weighted by Gasteiger charge is -2.34. The van der Waals surface area contributed by atoms with Gasteiger partial charge < -0.3 is 10.1 Å². The summed E-state index contributed by atoms with van der Waals surface area (Å²) in [4.78, 5) is 5.01. The van der Waals surface area contributed by atoms with E-state index in [1.165, 1.54) is 39.1 Å². The maximum Gasteiger partial charge on any atom is 0.0589 e. The maximum atomic E-state index is 5.09. The van der Waals surface area contributed by atoms with Crippen LogP contribution in [0, 0.1) is 0 Å². The van der Waals surface area contributed by atoms with Crippen LogP contribution in [0.25, 0.3) is 0 Å². The molecule has 0 radical (unpaired) electrons. The van der Waals surface area contributed by atoms with Crippen LogP contribution in [0.1, 0.15) is 27.2 Å². The zero-order valence-electron chi connectivity index (χ0n) is 12.9. The summed E-state index contributed by atoms with van der Waals surface area (Å²) in [7, 11) is 1.77. The van der Waals surface area contributed by atoms with Gasteiger partial charge in [0.1, 0.15) is 0 Å². The lowest BCUT2D eigenvalue weighted by molar-refractivity contribution is 0.0975. The van der Waals surface area contributed by atoms with Gasteiger partial charge in [-0.1, -0.05) is 27.2 Å². The Morgan fingerprint density at radius 1 is 0.944 bits per heavy atom. The van der Waals surface area contributed by atoms with E-state index in [9.17, 15) is 0 Å². The van der Waals surface area contributed by atoms with Gasteiger partial charge in [-0.25, -0.2) is 0 Å². The summed E-state index contributed by atoms with van der Waals surface area (Å²) < 4.78 is 5.09. The molecule has 110 valence electrons. The summed E-state index contributed by atoms with van der Waals surface area (Å²) in [6.07, 6.45) is 1.25. The first-order valence-electron chi connectivity index (χ1n) is 7.42. The van der Waals surface area contributed by atoms with Gasteiger partial charge in [-0.3, -0.25) is 9.80 Å². The molecule has 0 spiro atoms. The van der Waals surface area contributed by atoms with E-state index >= 15 is 0 Å². The van der Waals surface area contributed by atoms with E-state index in [1.807, 2.05) is 0 Å². The van der Waals surface area contributed by atoms with Crippen LogP contribution in [0.4, 0.5) is 0 Å². The molecule has 1 rings (SSSR count). The molecule has 0 aromatic heterocycles. The monoisotopic (exact) mass is 259 g/mol. The van der Waals surface area contributed by atoms with E-state index < -0.39 is 0 Å². The molecule has 1 N–H and O–H groups in total. The summed E-state index contributed by atoms with van der Waals surface area (Å²) in [5, 5.41) is 3.37. The summed E-state index contributed by atoms with van der Waals surface area (Å²) in [5.74, 6) is 0. The van der Waals surface area contributed by atoms with E-state index in [2.05, 4.69) is 35.9 Å². The van der Waals surface area contributed by atoms with Gasteiger partial charge in [-0.05, 0) is 6.54 Å². The molecule has 0 atom stereocenters. The molecule has 0 aliphatic carbocycles. The minimum Gasteiger partial charge on any atom is -0.383 e. The lowest BCUT2D eigenvalue weighted by atomic mass is 10.3. The van der Waals surface area contributed by atoms with E-state index in [-0.39, 0.29) is 0 Å². The number of ether oxygens (including phenoxy) is 1. The Kier molecular flexibility index (Phi) is 13.2. The number of likely N-dealkylation sites (N-methyl/N-ethyl adjacent to an activating group) is 1. The van der Waals surface area contributed by atoms with Crippen LogP contribution in [-0.2, 0) is 4.74 Å². The van der Waals surface area contributed by atoms with Gasteiger partial charge in [0, 0.05) is 52.9 Å². The number of nitrogens with zero attached hydrogens (tertiary/aromatic N) is 2. The zero-order chi connectivity index (χ0) is 13.6. The smallest absolute Gasteiger partial charge is 0.0589 e. The highest BCUT2D eigenvalue weighted by Crippen LogP contribution is 2.00. The van der Waals surface area contributed by atoms with Gasteiger partial charge in [0.25, 0.3) is 0 Å². The van der Waals surface area contributed by atoms with E-state index in [1.54, 1.807) is 7.11 Å². The molecular formula is C14H33N3O. The van der Waals surface area contributed by atoms with E-state index in [0.717, 1.165) is 26.2 Å². The fourth-order valence-electron chi connectivity index (χ4n) is 1.87. The minimum atomic E-state index is 0.859. The first-order chi connectivity index (χ1) is 8.78. The standard InChI is InChI=1S/C11H25N3O.C3H8/c1-3-12-4-5-13-6-8-14(9-7-13)10-11-15-2;1-3-2/h12H,3-11H2,1-2H3;3H2,1-2H3. The van der Waals surface area contributed by atoms with Crippen molar-refractivity contribution in [2.75, 3.05) is 66.1 Å². The fourth-order valence-corrected chi connectivity index (χ4v) is 1.87. The highest BCUT2D eigenvalue weighted by molar-refractivity contribution is 4.72. The van der Waals surface area contributed by atoms with Gasteiger partial charge in [-0.2, -0.15) is 0 Å². The lowest BCUT2D eigenvalue weighted by Crippen LogP contribution is -2.48. The molecule has 0 bridgehead atoms. The third kappa shape index (κ3) is 9.83. The second-order valence-corrected chi connectivity index (χ2v) is 4.74. The fraction of sp³-hybridized carbons (Fsp3) is 1.00. The second kappa shape index (κ2) is 13.3. The van der Waals surface area contributed by atoms with Crippen LogP contribution >= 0.6 is 0 Å². The van der Waals surface area contributed by atoms with E-state index in [4.69, 9.17) is 4.74 Å². The number of rotatable bonds is 7. The Balaban J connectivity index is 0.000000873. The predicted octanol–water partition coefficient (Wildman–Crippen LogP) is 1.28. The molecule has 0 aromatic carbocycles. The summed E-state index contributed by atoms with van der Waals surface area (Å²) >= 11 is 0. The molecule has 1 aliphatic rings. The normalized spacial score (nSPS) is 17.3. The number of hydrogen-bond acceptors (Lipinski definition) is 4. The molecule has 4 nitrogen and oxygen atoms in total. The minimum absolute atomic E-state index is 0.859. The zero-order valence-corrected chi connectivity index (χ0v) is 12.9. The summed E-state index contributed by atoms with van der Waals surface area (Å²) in [6.45, 7) is 16.5. The number of nitrogens with one attached hydrogen (secondary N) is 1. The molecule has 1 saturated heterocycles. The third-order valence-electron chi connectivity index (χ3n) is 2.93. The first kappa shape index (κ1) is 17.8. The molecule has 0 aromatic rings. The van der Waals surface area contributed by atoms with E-state index in [0.29, 0.717) is 0 Å². The van der Waals surface area contributed by atoms with Gasteiger partial charge in [0.15, 0.2) is 0 Å². The van der Waals surface area contributed by atoms with Crippen molar-refractivity contribution in [2.45, 2.75) is 27.2 Å². The van der Waals surface area contributed by atoms with Crippen LogP contribution < -0.4 is 5.32 Å². The SMILES string of the molecule is CCC.CCNCCN1CCN(CCOC)CC1. The Bertz CT molecular complexity index is 159. The molecule has 1 heterocycles.